The molecule has 0 fully saturated rings. The number of rotatable bonds is 13. The van der Waals surface area contributed by atoms with E-state index in [1.165, 1.54) is 10.6 Å². The molecule has 2 aromatic rings. The number of hydrogen-bond acceptors (Lipinski definition) is 4. The number of anilines is 1. The van der Waals surface area contributed by atoms with Gasteiger partial charge in [-0.3, -0.25) is 13.9 Å². The van der Waals surface area contributed by atoms with Crippen molar-refractivity contribution < 1.29 is 18.0 Å². The first kappa shape index (κ1) is 28.4. The Labute approximate surface area is 210 Å². The van der Waals surface area contributed by atoms with Gasteiger partial charge in [-0.2, -0.15) is 0 Å². The molecule has 2 amide bonds. The molecule has 8 heteroatoms. The summed E-state index contributed by atoms with van der Waals surface area (Å²) < 4.78 is 26.5. The van der Waals surface area contributed by atoms with E-state index >= 15 is 0 Å². The van der Waals surface area contributed by atoms with E-state index in [1.807, 2.05) is 56.3 Å². The van der Waals surface area contributed by atoms with Crippen LogP contribution in [0.25, 0.3) is 0 Å². The maximum Gasteiger partial charge on any atom is 0.242 e. The minimum atomic E-state index is -3.52. The molecule has 0 unspecified atom stereocenters. The molecule has 0 aliphatic heterocycles. The van der Waals surface area contributed by atoms with E-state index in [0.717, 1.165) is 29.5 Å². The zero-order chi connectivity index (χ0) is 26.0. The first-order valence-electron chi connectivity index (χ1n) is 12.2. The number of nitrogens with zero attached hydrogens (tertiary/aromatic N) is 2. The van der Waals surface area contributed by atoms with Gasteiger partial charge in [0.2, 0.25) is 21.8 Å². The van der Waals surface area contributed by atoms with Gasteiger partial charge in [-0.05, 0) is 56.4 Å². The maximum absolute atomic E-state index is 13.3. The highest BCUT2D eigenvalue weighted by Crippen LogP contribution is 2.25. The zero-order valence-electron chi connectivity index (χ0n) is 21.6. The summed E-state index contributed by atoms with van der Waals surface area (Å²) in [4.78, 5) is 27.6. The number of carbonyl (C=O) groups excluding carboxylic acids is 2. The van der Waals surface area contributed by atoms with Gasteiger partial charge in [0.05, 0.1) is 11.9 Å². The number of aryl methyl sites for hydroxylation is 1. The van der Waals surface area contributed by atoms with Crippen LogP contribution in [0, 0.1) is 13.8 Å². The van der Waals surface area contributed by atoms with E-state index in [0.29, 0.717) is 25.2 Å². The average Bonchev–Trinajstić information content (AvgIpc) is 2.82. The summed E-state index contributed by atoms with van der Waals surface area (Å²) in [5.41, 5.74) is 3.46. The lowest BCUT2D eigenvalue weighted by Crippen LogP contribution is -2.48. The normalized spacial score (nSPS) is 12.1. The van der Waals surface area contributed by atoms with Crippen molar-refractivity contribution in [1.29, 1.82) is 0 Å². The quantitative estimate of drug-likeness (QED) is 0.417. The van der Waals surface area contributed by atoms with E-state index in [2.05, 4.69) is 12.2 Å². The average molecular weight is 502 g/mol. The number of hydrogen-bond donors (Lipinski definition) is 1. The Morgan fingerprint density at radius 3 is 2.31 bits per heavy atom. The highest BCUT2D eigenvalue weighted by Gasteiger charge is 2.26. The Hall–Kier alpha value is -2.87. The minimum Gasteiger partial charge on any atom is -0.354 e. The largest absolute Gasteiger partial charge is 0.354 e. The molecule has 0 bridgehead atoms. The van der Waals surface area contributed by atoms with Crippen LogP contribution in [0.1, 0.15) is 56.2 Å². The molecule has 0 radical (unpaired) electrons. The van der Waals surface area contributed by atoms with Crippen molar-refractivity contribution in [1.82, 2.24) is 10.2 Å². The van der Waals surface area contributed by atoms with E-state index in [-0.39, 0.29) is 24.8 Å². The molecule has 35 heavy (non-hydrogen) atoms. The minimum absolute atomic E-state index is 0.135. The van der Waals surface area contributed by atoms with Crippen molar-refractivity contribution >= 4 is 27.5 Å². The molecular weight excluding hydrogens is 462 g/mol. The molecule has 0 spiro atoms. The zero-order valence-corrected chi connectivity index (χ0v) is 22.4. The molecule has 0 saturated carbocycles. The lowest BCUT2D eigenvalue weighted by atomic mass is 10.1. The molecule has 2 rings (SSSR count). The van der Waals surface area contributed by atoms with Crippen LogP contribution in [-0.4, -0.2) is 50.5 Å². The second-order valence-electron chi connectivity index (χ2n) is 8.99. The number of nitrogens with one attached hydrogen (secondary N) is 1. The molecule has 0 aliphatic carbocycles. The van der Waals surface area contributed by atoms with Crippen molar-refractivity contribution in [2.45, 2.75) is 66.0 Å². The first-order chi connectivity index (χ1) is 16.6. The SMILES string of the molecule is CCCCNC(=O)[C@@H](C)N(Cc1ccccc1)C(=O)CCCN(c1cccc(C)c1C)S(C)(=O)=O. The van der Waals surface area contributed by atoms with E-state index < -0.39 is 16.1 Å². The second kappa shape index (κ2) is 13.3. The standard InChI is InChI=1S/C27H39N3O4S/c1-6-7-18-28-27(32)23(4)29(20-24-14-9-8-10-15-24)26(31)17-12-19-30(35(5,33)34)25-16-11-13-21(2)22(25)3/h8-11,13-16,23H,6-7,12,17-20H2,1-5H3,(H,28,32)/t23-/m1/s1. The van der Waals surface area contributed by atoms with Gasteiger partial charge >= 0.3 is 0 Å². The van der Waals surface area contributed by atoms with Crippen LogP contribution >= 0.6 is 0 Å². The van der Waals surface area contributed by atoms with Gasteiger partial charge in [-0.25, -0.2) is 8.42 Å². The molecule has 7 nitrogen and oxygen atoms in total. The summed E-state index contributed by atoms with van der Waals surface area (Å²) in [6.07, 6.45) is 3.51. The van der Waals surface area contributed by atoms with Crippen LogP contribution in [0.4, 0.5) is 5.69 Å². The third kappa shape index (κ3) is 8.38. The summed E-state index contributed by atoms with van der Waals surface area (Å²) in [5, 5.41) is 2.91. The molecule has 1 atom stereocenters. The number of benzene rings is 2. The van der Waals surface area contributed by atoms with Gasteiger partial charge in [0.1, 0.15) is 6.04 Å². The Kier molecular flexibility index (Phi) is 10.8. The first-order valence-corrected chi connectivity index (χ1v) is 14.1. The second-order valence-corrected chi connectivity index (χ2v) is 10.9. The fourth-order valence-electron chi connectivity index (χ4n) is 3.89. The highest BCUT2D eigenvalue weighted by molar-refractivity contribution is 7.92. The monoisotopic (exact) mass is 501 g/mol. The van der Waals surface area contributed by atoms with Gasteiger partial charge in [0.15, 0.2) is 0 Å². The lowest BCUT2D eigenvalue weighted by molar-refractivity contribution is -0.140. The maximum atomic E-state index is 13.3. The molecule has 192 valence electrons. The number of carbonyl (C=O) groups is 2. The predicted molar refractivity (Wildman–Crippen MR) is 142 cm³/mol. The number of amides is 2. The predicted octanol–water partition coefficient (Wildman–Crippen LogP) is 4.18. The van der Waals surface area contributed by atoms with Gasteiger partial charge in [0.25, 0.3) is 0 Å². The van der Waals surface area contributed by atoms with Gasteiger partial charge < -0.3 is 10.2 Å². The number of unbranched alkanes of at least 4 members (excludes halogenated alkanes) is 1. The smallest absolute Gasteiger partial charge is 0.242 e. The third-order valence-electron chi connectivity index (χ3n) is 6.19. The molecule has 1 N–H and O–H groups in total. The van der Waals surface area contributed by atoms with Crippen LogP contribution in [0.2, 0.25) is 0 Å². The van der Waals surface area contributed by atoms with Gasteiger partial charge in [-0.15, -0.1) is 0 Å². The molecule has 0 saturated heterocycles. The van der Waals surface area contributed by atoms with Crippen molar-refractivity contribution in [3.8, 4) is 0 Å². The Morgan fingerprint density at radius 1 is 1.00 bits per heavy atom. The fraction of sp³-hybridized carbons (Fsp3) is 0.481. The van der Waals surface area contributed by atoms with E-state index in [1.54, 1.807) is 17.9 Å². The topological polar surface area (TPSA) is 86.8 Å². The summed E-state index contributed by atoms with van der Waals surface area (Å²) in [6, 6.07) is 14.5. The van der Waals surface area contributed by atoms with Gasteiger partial charge in [-0.1, -0.05) is 55.8 Å². The van der Waals surface area contributed by atoms with Crippen LogP contribution in [0.3, 0.4) is 0 Å². The number of sulfonamides is 1. The Bertz CT molecular complexity index is 1090. The van der Waals surface area contributed by atoms with Crippen LogP contribution < -0.4 is 9.62 Å². The van der Waals surface area contributed by atoms with Crippen molar-refractivity contribution in [3.05, 3.63) is 65.2 Å². The summed E-state index contributed by atoms with van der Waals surface area (Å²) in [5.74, 6) is -0.364. The fourth-order valence-corrected chi connectivity index (χ4v) is 4.90. The van der Waals surface area contributed by atoms with Crippen molar-refractivity contribution in [2.75, 3.05) is 23.7 Å². The van der Waals surface area contributed by atoms with E-state index in [4.69, 9.17) is 0 Å². The molecule has 0 heterocycles. The summed E-state index contributed by atoms with van der Waals surface area (Å²) in [6.45, 7) is 8.71. The van der Waals surface area contributed by atoms with Gasteiger partial charge in [0, 0.05) is 26.1 Å². The van der Waals surface area contributed by atoms with Crippen molar-refractivity contribution in [3.63, 3.8) is 0 Å². The van der Waals surface area contributed by atoms with Crippen LogP contribution in [-0.2, 0) is 26.2 Å². The molecule has 0 aliphatic rings. The molecule has 2 aromatic carbocycles. The van der Waals surface area contributed by atoms with Crippen molar-refractivity contribution in [2.24, 2.45) is 0 Å². The van der Waals surface area contributed by atoms with Crippen LogP contribution in [0.5, 0.6) is 0 Å². The lowest BCUT2D eigenvalue weighted by Gasteiger charge is -2.29. The Balaban J connectivity index is 2.15. The van der Waals surface area contributed by atoms with E-state index in [9.17, 15) is 18.0 Å². The third-order valence-corrected chi connectivity index (χ3v) is 7.37. The highest BCUT2D eigenvalue weighted by atomic mass is 32.2. The summed E-state index contributed by atoms with van der Waals surface area (Å²) >= 11 is 0. The summed E-state index contributed by atoms with van der Waals surface area (Å²) in [7, 11) is -3.52. The molecule has 0 aromatic heterocycles. The Morgan fingerprint density at radius 2 is 1.69 bits per heavy atom. The van der Waals surface area contributed by atoms with Crippen LogP contribution in [0.15, 0.2) is 48.5 Å². The molecular formula is C27H39N3O4S.